The van der Waals surface area contributed by atoms with Gasteiger partial charge >= 0.3 is 0 Å². The van der Waals surface area contributed by atoms with Crippen molar-refractivity contribution in [2.24, 2.45) is 11.8 Å². The fourth-order valence-corrected chi connectivity index (χ4v) is 4.93. The number of hydrogen-bond donors (Lipinski definition) is 2. The lowest BCUT2D eigenvalue weighted by Gasteiger charge is -2.48. The summed E-state index contributed by atoms with van der Waals surface area (Å²) in [4.78, 5) is 17.7. The first-order valence-corrected chi connectivity index (χ1v) is 10.9. The number of benzene rings is 2. The molecular formula is C25H25F3N2O2. The Balaban J connectivity index is 1.42. The summed E-state index contributed by atoms with van der Waals surface area (Å²) in [6.07, 6.45) is 1.17. The van der Waals surface area contributed by atoms with E-state index in [0.29, 0.717) is 42.6 Å². The van der Waals surface area contributed by atoms with Crippen molar-refractivity contribution < 1.29 is 23.1 Å². The Morgan fingerprint density at radius 1 is 1.06 bits per heavy atom. The number of fused-ring (bicyclic) bond motifs is 1. The molecule has 2 aliphatic rings. The van der Waals surface area contributed by atoms with Crippen LogP contribution in [-0.4, -0.2) is 39.6 Å². The Bertz CT molecular complexity index is 1180. The van der Waals surface area contributed by atoms with E-state index < -0.39 is 17.2 Å². The number of aromatic nitrogens is 1. The number of H-pyrrole nitrogens is 1. The molecule has 168 valence electrons. The normalized spacial score (nSPS) is 21.5. The predicted octanol–water partition coefficient (Wildman–Crippen LogP) is 4.98. The standard InChI is InChI=1S/C25H25F3N2O2/c1-25(2,32)16-11-30(12-16)24(31)15-7-14(8-15)21-19-9-18(27)10-20(28)23(19)29-22(21)13-3-5-17(26)6-4-13/h3-6,9-10,14-16,29,32H,7-8,11-12H2,1-2H3/t14-,15-. The van der Waals surface area contributed by atoms with E-state index >= 15 is 0 Å². The Kier molecular flexibility index (Phi) is 4.85. The van der Waals surface area contributed by atoms with E-state index in [9.17, 15) is 23.1 Å². The summed E-state index contributed by atoms with van der Waals surface area (Å²) in [5.74, 6) is -1.76. The first-order valence-electron chi connectivity index (χ1n) is 10.9. The highest BCUT2D eigenvalue weighted by Gasteiger charge is 2.45. The van der Waals surface area contributed by atoms with E-state index in [1.54, 1.807) is 30.9 Å². The lowest BCUT2D eigenvalue weighted by Crippen LogP contribution is -2.59. The third-order valence-electron chi connectivity index (χ3n) is 7.09. The molecule has 1 aliphatic heterocycles. The number of hydrogen-bond acceptors (Lipinski definition) is 2. The van der Waals surface area contributed by atoms with Crippen LogP contribution in [0.5, 0.6) is 0 Å². The average Bonchev–Trinajstić information content (AvgIpc) is 2.98. The minimum atomic E-state index is -0.804. The summed E-state index contributed by atoms with van der Waals surface area (Å²) >= 11 is 0. The molecule has 2 N–H and O–H groups in total. The van der Waals surface area contributed by atoms with Gasteiger partial charge in [-0.1, -0.05) is 0 Å². The second-order valence-electron chi connectivity index (χ2n) is 9.69. The summed E-state index contributed by atoms with van der Waals surface area (Å²) in [5, 5.41) is 10.6. The van der Waals surface area contributed by atoms with Crippen molar-refractivity contribution in [3.05, 3.63) is 59.4 Å². The molecule has 2 aromatic carbocycles. The monoisotopic (exact) mass is 442 g/mol. The number of nitrogens with zero attached hydrogens (tertiary/aromatic N) is 1. The number of aromatic amines is 1. The summed E-state index contributed by atoms with van der Waals surface area (Å²) < 4.78 is 42.0. The molecule has 3 aromatic rings. The van der Waals surface area contributed by atoms with Gasteiger partial charge in [0.25, 0.3) is 0 Å². The van der Waals surface area contributed by atoms with E-state index in [4.69, 9.17) is 0 Å². The quantitative estimate of drug-likeness (QED) is 0.599. The maximum atomic E-state index is 14.5. The molecule has 4 nitrogen and oxygen atoms in total. The molecule has 1 aromatic heterocycles. The molecule has 1 amide bonds. The van der Waals surface area contributed by atoms with Crippen LogP contribution in [-0.2, 0) is 4.79 Å². The van der Waals surface area contributed by atoms with Crippen molar-refractivity contribution in [3.63, 3.8) is 0 Å². The van der Waals surface area contributed by atoms with Crippen LogP contribution in [0.1, 0.15) is 38.2 Å². The summed E-state index contributed by atoms with van der Waals surface area (Å²) in [7, 11) is 0. The van der Waals surface area contributed by atoms with Crippen LogP contribution < -0.4 is 0 Å². The minimum Gasteiger partial charge on any atom is -0.390 e. The second kappa shape index (κ2) is 7.37. The van der Waals surface area contributed by atoms with Gasteiger partial charge in [0.15, 0.2) is 0 Å². The van der Waals surface area contributed by atoms with Gasteiger partial charge < -0.3 is 15.0 Å². The molecule has 32 heavy (non-hydrogen) atoms. The van der Waals surface area contributed by atoms with Gasteiger partial charge in [-0.05, 0) is 74.1 Å². The smallest absolute Gasteiger partial charge is 0.225 e. The first-order chi connectivity index (χ1) is 15.1. The van der Waals surface area contributed by atoms with E-state index in [1.807, 2.05) is 0 Å². The van der Waals surface area contributed by atoms with Crippen molar-refractivity contribution in [2.75, 3.05) is 13.1 Å². The highest BCUT2D eigenvalue weighted by atomic mass is 19.1. The molecule has 5 rings (SSSR count). The van der Waals surface area contributed by atoms with Gasteiger partial charge in [0.2, 0.25) is 5.91 Å². The molecule has 0 unspecified atom stereocenters. The number of carbonyl (C=O) groups excluding carboxylic acids is 1. The van der Waals surface area contributed by atoms with Crippen LogP contribution in [0.25, 0.3) is 22.2 Å². The van der Waals surface area contributed by atoms with Crippen LogP contribution in [0.2, 0.25) is 0 Å². The third-order valence-corrected chi connectivity index (χ3v) is 7.09. The second-order valence-corrected chi connectivity index (χ2v) is 9.69. The number of aliphatic hydroxyl groups is 1. The highest BCUT2D eigenvalue weighted by Crippen LogP contribution is 2.49. The SMILES string of the molecule is CC(C)(O)C1CN(C(=O)[C@H]2C[C@H](c3c(-c4ccc(F)cc4)[nH]c4c(F)cc(F)cc43)C2)C1. The topological polar surface area (TPSA) is 56.3 Å². The van der Waals surface area contributed by atoms with Gasteiger partial charge in [-0.15, -0.1) is 0 Å². The Labute approximate surface area is 184 Å². The molecule has 1 saturated heterocycles. The number of halogens is 3. The number of rotatable bonds is 4. The minimum absolute atomic E-state index is 0.0368. The first kappa shape index (κ1) is 21.1. The van der Waals surface area contributed by atoms with E-state index in [0.717, 1.165) is 11.6 Å². The van der Waals surface area contributed by atoms with E-state index in [2.05, 4.69) is 4.98 Å². The van der Waals surface area contributed by atoms with E-state index in [1.165, 1.54) is 18.2 Å². The van der Waals surface area contributed by atoms with Gasteiger partial charge in [-0.25, -0.2) is 13.2 Å². The van der Waals surface area contributed by atoms with Crippen LogP contribution in [0.3, 0.4) is 0 Å². The molecule has 0 bridgehead atoms. The van der Waals surface area contributed by atoms with Crippen molar-refractivity contribution in [1.82, 2.24) is 9.88 Å². The molecule has 0 radical (unpaired) electrons. The zero-order valence-electron chi connectivity index (χ0n) is 18.0. The molecule has 0 spiro atoms. The number of likely N-dealkylation sites (tertiary alicyclic amines) is 1. The summed E-state index contributed by atoms with van der Waals surface area (Å²) in [6, 6.07) is 8.03. The van der Waals surface area contributed by atoms with Gasteiger partial charge in [0.1, 0.15) is 17.5 Å². The van der Waals surface area contributed by atoms with Gasteiger partial charge in [-0.3, -0.25) is 4.79 Å². The number of nitrogens with one attached hydrogen (secondary N) is 1. The third kappa shape index (κ3) is 3.48. The largest absolute Gasteiger partial charge is 0.390 e. The molecule has 2 fully saturated rings. The Hall–Kier alpha value is -2.80. The van der Waals surface area contributed by atoms with Crippen LogP contribution in [0.4, 0.5) is 13.2 Å². The summed E-state index contributed by atoms with van der Waals surface area (Å²) in [6.45, 7) is 4.61. The maximum absolute atomic E-state index is 14.5. The molecular weight excluding hydrogens is 417 g/mol. The molecule has 1 saturated carbocycles. The van der Waals surface area contributed by atoms with Gasteiger partial charge in [0, 0.05) is 36.4 Å². The van der Waals surface area contributed by atoms with Gasteiger partial charge in [0.05, 0.1) is 16.8 Å². The lowest BCUT2D eigenvalue weighted by atomic mass is 9.69. The Morgan fingerprint density at radius 3 is 2.34 bits per heavy atom. The maximum Gasteiger partial charge on any atom is 0.225 e. The van der Waals surface area contributed by atoms with Crippen molar-refractivity contribution >= 4 is 16.8 Å². The van der Waals surface area contributed by atoms with Crippen molar-refractivity contribution in [2.45, 2.75) is 38.2 Å². The van der Waals surface area contributed by atoms with Crippen LogP contribution >= 0.6 is 0 Å². The molecule has 2 heterocycles. The molecule has 7 heteroatoms. The molecule has 0 atom stereocenters. The predicted molar refractivity (Wildman–Crippen MR) is 115 cm³/mol. The van der Waals surface area contributed by atoms with Crippen LogP contribution in [0.15, 0.2) is 36.4 Å². The zero-order chi connectivity index (χ0) is 22.8. The average molecular weight is 442 g/mol. The van der Waals surface area contributed by atoms with Crippen molar-refractivity contribution in [1.29, 1.82) is 0 Å². The number of amides is 1. The fourth-order valence-electron chi connectivity index (χ4n) is 4.93. The lowest BCUT2D eigenvalue weighted by molar-refractivity contribution is -0.152. The highest BCUT2D eigenvalue weighted by molar-refractivity contribution is 5.92. The molecule has 1 aliphatic carbocycles. The number of carbonyl (C=O) groups is 1. The van der Waals surface area contributed by atoms with Crippen LogP contribution in [0, 0.1) is 29.3 Å². The Morgan fingerprint density at radius 2 is 1.72 bits per heavy atom. The van der Waals surface area contributed by atoms with Crippen molar-refractivity contribution in [3.8, 4) is 11.3 Å². The zero-order valence-corrected chi connectivity index (χ0v) is 18.0. The fraction of sp³-hybridized carbons (Fsp3) is 0.400. The van der Waals surface area contributed by atoms with Gasteiger partial charge in [-0.2, -0.15) is 0 Å². The summed E-state index contributed by atoms with van der Waals surface area (Å²) in [5.41, 5.74) is 1.49. The van der Waals surface area contributed by atoms with E-state index in [-0.39, 0.29) is 35.0 Å².